The molecular formula is C10H14F3NS2. The van der Waals surface area contributed by atoms with Gasteiger partial charge in [-0.25, -0.2) is 0 Å². The number of thioether (sulfide) groups is 1. The Bertz CT molecular complexity index is 274. The van der Waals surface area contributed by atoms with Crippen molar-refractivity contribution >= 4 is 28.3 Å². The Balaban J connectivity index is 1.99. The van der Waals surface area contributed by atoms with Crippen molar-refractivity contribution in [2.45, 2.75) is 49.6 Å². The van der Waals surface area contributed by atoms with E-state index in [1.807, 2.05) is 0 Å². The summed E-state index contributed by atoms with van der Waals surface area (Å²) in [5.41, 5.74) is 0. The summed E-state index contributed by atoms with van der Waals surface area (Å²) in [6, 6.07) is 0.251. The van der Waals surface area contributed by atoms with Crippen LogP contribution in [0.1, 0.15) is 32.1 Å². The van der Waals surface area contributed by atoms with Gasteiger partial charge >= 0.3 is 6.18 Å². The van der Waals surface area contributed by atoms with Crippen LogP contribution in [0.15, 0.2) is 0 Å². The highest BCUT2D eigenvalue weighted by Gasteiger charge is 2.47. The van der Waals surface area contributed by atoms with E-state index in [1.165, 1.54) is 6.42 Å². The number of nitrogens with zero attached hydrogens (tertiary/aromatic N) is 1. The lowest BCUT2D eigenvalue weighted by Crippen LogP contribution is -2.39. The van der Waals surface area contributed by atoms with Crippen LogP contribution >= 0.6 is 24.0 Å². The molecule has 1 nitrogen and oxygen atoms in total. The molecule has 0 aromatic heterocycles. The van der Waals surface area contributed by atoms with E-state index in [0.717, 1.165) is 37.4 Å². The van der Waals surface area contributed by atoms with Crippen molar-refractivity contribution in [1.82, 2.24) is 4.90 Å². The highest BCUT2D eigenvalue weighted by atomic mass is 32.2. The molecule has 0 aromatic rings. The van der Waals surface area contributed by atoms with Crippen molar-refractivity contribution in [1.29, 1.82) is 0 Å². The topological polar surface area (TPSA) is 3.24 Å². The summed E-state index contributed by atoms with van der Waals surface area (Å²) in [5.74, 6) is 0. The number of alkyl halides is 3. The van der Waals surface area contributed by atoms with E-state index in [-0.39, 0.29) is 12.6 Å². The largest absolute Gasteiger partial charge is 0.402 e. The third-order valence-corrected chi connectivity index (χ3v) is 4.88. The maximum atomic E-state index is 12.6. The van der Waals surface area contributed by atoms with E-state index >= 15 is 0 Å². The molecule has 6 heteroatoms. The van der Waals surface area contributed by atoms with Crippen LogP contribution in [-0.4, -0.2) is 33.2 Å². The molecule has 0 aromatic carbocycles. The second-order valence-electron chi connectivity index (χ2n) is 4.36. The number of rotatable bonds is 1. The zero-order valence-electron chi connectivity index (χ0n) is 8.79. The standard InChI is InChI=1S/C10H14F3NS2/c11-10(12,13)8-6-14(9(15)16-8)7-4-2-1-3-5-7/h7-8H,1-6H2. The molecule has 1 aliphatic heterocycles. The summed E-state index contributed by atoms with van der Waals surface area (Å²) in [6.07, 6.45) is 1.29. The summed E-state index contributed by atoms with van der Waals surface area (Å²) in [5, 5.41) is -1.32. The quantitative estimate of drug-likeness (QED) is 0.670. The van der Waals surface area contributed by atoms with Gasteiger partial charge in [0.25, 0.3) is 0 Å². The van der Waals surface area contributed by atoms with Gasteiger partial charge in [-0.2, -0.15) is 13.2 Å². The molecule has 1 atom stereocenters. The molecule has 1 saturated heterocycles. The van der Waals surface area contributed by atoms with Gasteiger partial charge in [0, 0.05) is 12.6 Å². The molecule has 2 fully saturated rings. The molecule has 1 heterocycles. The van der Waals surface area contributed by atoms with Crippen LogP contribution in [0.2, 0.25) is 0 Å². The minimum absolute atomic E-state index is 0.0532. The molecule has 0 amide bonds. The predicted octanol–water partition coefficient (Wildman–Crippen LogP) is 3.58. The molecule has 1 saturated carbocycles. The molecule has 92 valence electrons. The average molecular weight is 269 g/mol. The average Bonchev–Trinajstić information content (AvgIpc) is 2.61. The lowest BCUT2D eigenvalue weighted by Gasteiger charge is -2.32. The molecule has 0 bridgehead atoms. The molecule has 0 N–H and O–H groups in total. The molecule has 1 aliphatic carbocycles. The normalized spacial score (nSPS) is 28.8. The van der Waals surface area contributed by atoms with Crippen molar-refractivity contribution in [3.8, 4) is 0 Å². The first-order valence-electron chi connectivity index (χ1n) is 5.52. The van der Waals surface area contributed by atoms with E-state index in [4.69, 9.17) is 12.2 Å². The number of thiocarbonyl (C=S) groups is 1. The molecular weight excluding hydrogens is 255 g/mol. The summed E-state index contributed by atoms with van der Waals surface area (Å²) >= 11 is 5.86. The van der Waals surface area contributed by atoms with Gasteiger partial charge in [0.05, 0.1) is 0 Å². The van der Waals surface area contributed by atoms with Gasteiger partial charge in [-0.1, -0.05) is 43.2 Å². The van der Waals surface area contributed by atoms with E-state index in [0.29, 0.717) is 4.32 Å². The predicted molar refractivity (Wildman–Crippen MR) is 63.6 cm³/mol. The Labute approximate surface area is 103 Å². The van der Waals surface area contributed by atoms with Crippen LogP contribution in [0.3, 0.4) is 0 Å². The Morgan fingerprint density at radius 2 is 1.81 bits per heavy atom. The van der Waals surface area contributed by atoms with Crippen molar-refractivity contribution in [2.75, 3.05) is 6.54 Å². The van der Waals surface area contributed by atoms with Crippen LogP contribution in [0.4, 0.5) is 13.2 Å². The van der Waals surface area contributed by atoms with Gasteiger partial charge in [0.2, 0.25) is 0 Å². The first-order valence-corrected chi connectivity index (χ1v) is 6.81. The smallest absolute Gasteiger partial charge is 0.353 e. The van der Waals surface area contributed by atoms with Crippen LogP contribution in [0.25, 0.3) is 0 Å². The van der Waals surface area contributed by atoms with Crippen LogP contribution in [-0.2, 0) is 0 Å². The first-order chi connectivity index (χ1) is 7.48. The second kappa shape index (κ2) is 4.72. The molecule has 0 spiro atoms. The Hall–Kier alpha value is 0.0300. The Kier molecular flexibility index (Phi) is 3.69. The zero-order valence-corrected chi connectivity index (χ0v) is 10.4. The van der Waals surface area contributed by atoms with E-state index < -0.39 is 11.4 Å². The van der Waals surface area contributed by atoms with E-state index in [2.05, 4.69) is 0 Å². The fraction of sp³-hybridized carbons (Fsp3) is 0.900. The van der Waals surface area contributed by atoms with Gasteiger partial charge in [-0.15, -0.1) is 0 Å². The second-order valence-corrected chi connectivity index (χ2v) is 6.19. The fourth-order valence-electron chi connectivity index (χ4n) is 2.34. The lowest BCUT2D eigenvalue weighted by atomic mass is 9.94. The Morgan fingerprint density at radius 1 is 1.19 bits per heavy atom. The monoisotopic (exact) mass is 269 g/mol. The number of hydrogen-bond acceptors (Lipinski definition) is 2. The van der Waals surface area contributed by atoms with Crippen molar-refractivity contribution in [2.24, 2.45) is 0 Å². The SMILES string of the molecule is FC(F)(F)C1CN(C2CCCCC2)C(=S)S1. The zero-order chi connectivity index (χ0) is 11.8. The molecule has 16 heavy (non-hydrogen) atoms. The van der Waals surface area contributed by atoms with Crippen molar-refractivity contribution < 1.29 is 13.2 Å². The molecule has 2 rings (SSSR count). The molecule has 1 unspecified atom stereocenters. The van der Waals surface area contributed by atoms with Crippen molar-refractivity contribution in [3.05, 3.63) is 0 Å². The van der Waals surface area contributed by atoms with Gasteiger partial charge in [-0.3, -0.25) is 0 Å². The highest BCUT2D eigenvalue weighted by Crippen LogP contribution is 2.40. The van der Waals surface area contributed by atoms with E-state index in [1.54, 1.807) is 4.90 Å². The lowest BCUT2D eigenvalue weighted by molar-refractivity contribution is -0.129. The minimum Gasteiger partial charge on any atom is -0.353 e. The third kappa shape index (κ3) is 2.64. The minimum atomic E-state index is -4.13. The summed E-state index contributed by atoms with van der Waals surface area (Å²) in [6.45, 7) is 0.0532. The number of hydrogen-bond donors (Lipinski definition) is 0. The maximum absolute atomic E-state index is 12.6. The third-order valence-electron chi connectivity index (χ3n) is 3.22. The van der Waals surface area contributed by atoms with Gasteiger partial charge < -0.3 is 4.90 Å². The van der Waals surface area contributed by atoms with E-state index in [9.17, 15) is 13.2 Å². The highest BCUT2D eigenvalue weighted by molar-refractivity contribution is 8.23. The maximum Gasteiger partial charge on any atom is 0.402 e. The van der Waals surface area contributed by atoms with Crippen molar-refractivity contribution in [3.63, 3.8) is 0 Å². The summed E-state index contributed by atoms with van der Waals surface area (Å²) in [4.78, 5) is 1.80. The number of halogens is 3. The first kappa shape index (κ1) is 12.5. The summed E-state index contributed by atoms with van der Waals surface area (Å²) in [7, 11) is 0. The van der Waals surface area contributed by atoms with Crippen LogP contribution in [0.5, 0.6) is 0 Å². The van der Waals surface area contributed by atoms with Gasteiger partial charge in [0.15, 0.2) is 0 Å². The fourth-order valence-corrected chi connectivity index (χ4v) is 3.88. The van der Waals surface area contributed by atoms with Gasteiger partial charge in [-0.05, 0) is 12.8 Å². The summed E-state index contributed by atoms with van der Waals surface area (Å²) < 4.78 is 38.1. The van der Waals surface area contributed by atoms with Gasteiger partial charge in [0.1, 0.15) is 9.57 Å². The Morgan fingerprint density at radius 3 is 2.31 bits per heavy atom. The molecule has 2 aliphatic rings. The van der Waals surface area contributed by atoms with Crippen LogP contribution in [0, 0.1) is 0 Å². The van der Waals surface area contributed by atoms with Crippen LogP contribution < -0.4 is 0 Å². The molecule has 0 radical (unpaired) electrons.